The fourth-order valence-corrected chi connectivity index (χ4v) is 2.71. The van der Waals surface area contributed by atoms with E-state index < -0.39 is 5.97 Å². The van der Waals surface area contributed by atoms with Crippen LogP contribution in [0.25, 0.3) is 10.9 Å². The van der Waals surface area contributed by atoms with Gasteiger partial charge in [0.1, 0.15) is 23.6 Å². The number of esters is 1. The highest BCUT2D eigenvalue weighted by atomic mass is 16.5. The van der Waals surface area contributed by atoms with Gasteiger partial charge in [0.05, 0.1) is 0 Å². The second kappa shape index (κ2) is 12.0. The van der Waals surface area contributed by atoms with Crippen molar-refractivity contribution in [3.8, 4) is 5.75 Å². The summed E-state index contributed by atoms with van der Waals surface area (Å²) in [7, 11) is 0. The second-order valence-electron chi connectivity index (χ2n) is 7.58. The lowest BCUT2D eigenvalue weighted by atomic mass is 9.85. The standard InChI is InChI=1S/C21H21NO3.C3H8.C2H6/c1-14-6-4-8-16(12-14)21(2,3)13-25-20(24)17-11-10-15-7-5-9-18(23)19(15)22-17;1-3-2;1-2/h4-12,23H,13H2,1-3H3;3H2,1-2H3;1-2H3. The Kier molecular flexibility index (Phi) is 10.0. The zero-order valence-electron chi connectivity index (χ0n) is 19.3. The molecular formula is C26H35NO3. The summed E-state index contributed by atoms with van der Waals surface area (Å²) in [6.45, 7) is 14.6. The molecule has 3 aromatic rings. The van der Waals surface area contributed by atoms with Crippen LogP contribution in [0.2, 0.25) is 0 Å². The van der Waals surface area contributed by atoms with Crippen molar-refractivity contribution in [3.63, 3.8) is 0 Å². The number of phenols is 1. The van der Waals surface area contributed by atoms with Crippen LogP contribution < -0.4 is 0 Å². The molecular weight excluding hydrogens is 374 g/mol. The van der Waals surface area contributed by atoms with E-state index in [0.29, 0.717) is 5.52 Å². The first kappa shape index (κ1) is 25.2. The van der Waals surface area contributed by atoms with Crippen LogP contribution in [0, 0.1) is 6.92 Å². The Bertz CT molecular complexity index is 948. The topological polar surface area (TPSA) is 59.4 Å². The molecule has 0 aliphatic rings. The van der Waals surface area contributed by atoms with Crippen LogP contribution in [-0.2, 0) is 10.2 Å². The van der Waals surface area contributed by atoms with Crippen LogP contribution in [0.15, 0.2) is 54.6 Å². The molecule has 2 aromatic carbocycles. The molecule has 0 saturated heterocycles. The van der Waals surface area contributed by atoms with E-state index in [-0.39, 0.29) is 23.5 Å². The monoisotopic (exact) mass is 409 g/mol. The molecule has 0 radical (unpaired) electrons. The van der Waals surface area contributed by atoms with Crippen molar-refractivity contribution in [2.45, 2.75) is 60.3 Å². The maximum Gasteiger partial charge on any atom is 0.356 e. The van der Waals surface area contributed by atoms with E-state index in [2.05, 4.69) is 24.9 Å². The zero-order valence-corrected chi connectivity index (χ0v) is 19.3. The number of rotatable bonds is 4. The van der Waals surface area contributed by atoms with Crippen molar-refractivity contribution < 1.29 is 14.6 Å². The molecule has 0 atom stereocenters. The minimum Gasteiger partial charge on any atom is -0.506 e. The molecule has 0 aliphatic carbocycles. The van der Waals surface area contributed by atoms with Gasteiger partial charge in [0.15, 0.2) is 0 Å². The number of benzene rings is 2. The Morgan fingerprint density at radius 1 is 1.03 bits per heavy atom. The van der Waals surface area contributed by atoms with Crippen LogP contribution in [-0.4, -0.2) is 22.7 Å². The summed E-state index contributed by atoms with van der Waals surface area (Å²) in [5, 5.41) is 10.7. The molecule has 0 bridgehead atoms. The smallest absolute Gasteiger partial charge is 0.356 e. The molecule has 1 heterocycles. The molecule has 0 unspecified atom stereocenters. The highest BCUT2D eigenvalue weighted by Crippen LogP contribution is 2.25. The van der Waals surface area contributed by atoms with E-state index in [1.165, 1.54) is 12.0 Å². The summed E-state index contributed by atoms with van der Waals surface area (Å²) in [5.41, 5.74) is 2.57. The molecule has 1 aromatic heterocycles. The Morgan fingerprint density at radius 2 is 1.67 bits per heavy atom. The zero-order chi connectivity index (χ0) is 22.7. The Labute approximate surface area is 180 Å². The van der Waals surface area contributed by atoms with Crippen LogP contribution in [0.5, 0.6) is 5.75 Å². The number of aryl methyl sites for hydroxylation is 1. The van der Waals surface area contributed by atoms with Crippen molar-refractivity contribution in [3.05, 3.63) is 71.4 Å². The van der Waals surface area contributed by atoms with Crippen molar-refractivity contribution in [1.29, 1.82) is 0 Å². The molecule has 162 valence electrons. The van der Waals surface area contributed by atoms with Gasteiger partial charge >= 0.3 is 5.97 Å². The number of hydrogen-bond donors (Lipinski definition) is 1. The van der Waals surface area contributed by atoms with Gasteiger partial charge in [-0.05, 0) is 24.6 Å². The number of para-hydroxylation sites is 1. The summed E-state index contributed by atoms with van der Waals surface area (Å²) in [6, 6.07) is 16.7. The fraction of sp³-hybridized carbons (Fsp3) is 0.385. The van der Waals surface area contributed by atoms with Crippen molar-refractivity contribution in [2.24, 2.45) is 0 Å². The van der Waals surface area contributed by atoms with Crippen LogP contribution in [0.3, 0.4) is 0 Å². The van der Waals surface area contributed by atoms with Crippen molar-refractivity contribution >= 4 is 16.9 Å². The number of carbonyl (C=O) groups excluding carboxylic acids is 1. The van der Waals surface area contributed by atoms with Gasteiger partial charge in [-0.15, -0.1) is 0 Å². The highest BCUT2D eigenvalue weighted by molar-refractivity contribution is 5.92. The summed E-state index contributed by atoms with van der Waals surface area (Å²) >= 11 is 0. The Morgan fingerprint density at radius 3 is 2.30 bits per heavy atom. The molecule has 30 heavy (non-hydrogen) atoms. The first-order chi connectivity index (χ1) is 14.3. The SMILES string of the molecule is CC.CCC.Cc1cccc(C(C)(C)COC(=O)c2ccc3cccc(O)c3n2)c1. The summed E-state index contributed by atoms with van der Waals surface area (Å²) in [4.78, 5) is 16.6. The number of nitrogens with zero attached hydrogens (tertiary/aromatic N) is 1. The van der Waals surface area contributed by atoms with Gasteiger partial charge < -0.3 is 9.84 Å². The number of aromatic nitrogens is 1. The predicted octanol–water partition coefficient (Wildman–Crippen LogP) is 6.83. The minimum absolute atomic E-state index is 0.0484. The largest absolute Gasteiger partial charge is 0.506 e. The van der Waals surface area contributed by atoms with E-state index >= 15 is 0 Å². The molecule has 0 spiro atoms. The molecule has 0 fully saturated rings. The fourth-order valence-electron chi connectivity index (χ4n) is 2.71. The van der Waals surface area contributed by atoms with Gasteiger partial charge in [-0.1, -0.05) is 96.0 Å². The summed E-state index contributed by atoms with van der Waals surface area (Å²) in [6.07, 6.45) is 1.25. The number of phenolic OH excluding ortho intramolecular Hbond substituents is 1. The highest BCUT2D eigenvalue weighted by Gasteiger charge is 2.24. The van der Waals surface area contributed by atoms with Gasteiger partial charge in [-0.25, -0.2) is 9.78 Å². The van der Waals surface area contributed by atoms with Gasteiger partial charge in [0.2, 0.25) is 0 Å². The third-order valence-electron chi connectivity index (χ3n) is 4.27. The van der Waals surface area contributed by atoms with E-state index in [1.54, 1.807) is 24.3 Å². The van der Waals surface area contributed by atoms with Crippen LogP contribution >= 0.6 is 0 Å². The predicted molar refractivity (Wildman–Crippen MR) is 125 cm³/mol. The Balaban J connectivity index is 0.000000826. The molecule has 1 N–H and O–H groups in total. The number of hydrogen-bond acceptors (Lipinski definition) is 4. The molecule has 4 nitrogen and oxygen atoms in total. The third-order valence-corrected chi connectivity index (χ3v) is 4.27. The van der Waals surface area contributed by atoms with Crippen molar-refractivity contribution in [2.75, 3.05) is 6.61 Å². The molecule has 3 rings (SSSR count). The number of pyridine rings is 1. The second-order valence-corrected chi connectivity index (χ2v) is 7.58. The first-order valence-electron chi connectivity index (χ1n) is 10.6. The average Bonchev–Trinajstić information content (AvgIpc) is 2.74. The molecule has 0 saturated carbocycles. The Hall–Kier alpha value is -2.88. The van der Waals surface area contributed by atoms with Gasteiger partial charge in [0.25, 0.3) is 0 Å². The third kappa shape index (κ3) is 6.87. The maximum atomic E-state index is 12.4. The maximum absolute atomic E-state index is 12.4. The summed E-state index contributed by atoms with van der Waals surface area (Å²) in [5.74, 6) is -0.446. The lowest BCUT2D eigenvalue weighted by molar-refractivity contribution is 0.0420. The number of ether oxygens (including phenoxy) is 1. The first-order valence-corrected chi connectivity index (χ1v) is 10.6. The minimum atomic E-state index is -0.495. The lowest BCUT2D eigenvalue weighted by Gasteiger charge is -2.25. The normalized spacial score (nSPS) is 10.4. The molecule has 0 aliphatic heterocycles. The average molecular weight is 410 g/mol. The van der Waals surface area contributed by atoms with E-state index in [9.17, 15) is 9.90 Å². The van der Waals surface area contributed by atoms with E-state index in [1.807, 2.05) is 58.9 Å². The quantitative estimate of drug-likeness (QED) is 0.480. The van der Waals surface area contributed by atoms with Crippen LogP contribution in [0.1, 0.15) is 69.6 Å². The van der Waals surface area contributed by atoms with Crippen molar-refractivity contribution in [1.82, 2.24) is 4.98 Å². The van der Waals surface area contributed by atoms with E-state index in [0.717, 1.165) is 10.9 Å². The van der Waals surface area contributed by atoms with Gasteiger partial charge in [0, 0.05) is 10.8 Å². The molecule has 0 amide bonds. The van der Waals surface area contributed by atoms with E-state index in [4.69, 9.17) is 4.74 Å². The number of carbonyl (C=O) groups is 1. The number of aromatic hydroxyl groups is 1. The number of fused-ring (bicyclic) bond motifs is 1. The lowest BCUT2D eigenvalue weighted by Crippen LogP contribution is -2.26. The van der Waals surface area contributed by atoms with Gasteiger partial charge in [-0.3, -0.25) is 0 Å². The van der Waals surface area contributed by atoms with Gasteiger partial charge in [-0.2, -0.15) is 0 Å². The molecule has 4 heteroatoms. The van der Waals surface area contributed by atoms with Crippen LogP contribution in [0.4, 0.5) is 0 Å². The summed E-state index contributed by atoms with van der Waals surface area (Å²) < 4.78 is 5.49.